The average molecular weight is 459 g/mol. The lowest BCUT2D eigenvalue weighted by Crippen LogP contribution is -2.28. The third-order valence-electron chi connectivity index (χ3n) is 4.14. The maximum Gasteiger partial charge on any atom is 0.271 e. The van der Waals surface area contributed by atoms with Crippen LogP contribution >= 0.6 is 22.7 Å². The molecule has 3 N–H and O–H groups in total. The number of fused-ring (bicyclic) bond motifs is 1. The molecule has 0 radical (unpaired) electrons. The molecule has 1 amide bonds. The highest BCUT2D eigenvalue weighted by Gasteiger charge is 2.15. The largest absolute Gasteiger partial charge is 0.360 e. The summed E-state index contributed by atoms with van der Waals surface area (Å²) in [6, 6.07) is 17.4. The Balaban J connectivity index is 1.27. The van der Waals surface area contributed by atoms with E-state index in [0.717, 1.165) is 26.7 Å². The maximum atomic E-state index is 12.3. The molecule has 0 aliphatic rings. The van der Waals surface area contributed by atoms with E-state index in [-0.39, 0.29) is 10.1 Å². The Labute approximate surface area is 181 Å². The Bertz CT molecular complexity index is 1220. The number of hydrogen-bond donors (Lipinski definition) is 3. The van der Waals surface area contributed by atoms with Crippen LogP contribution in [0.5, 0.6) is 0 Å². The van der Waals surface area contributed by atoms with Crippen LogP contribution in [-0.4, -0.2) is 32.4 Å². The summed E-state index contributed by atoms with van der Waals surface area (Å²) in [5.74, 6) is -0.228. The maximum absolute atomic E-state index is 12.3. The number of carbonyl (C=O) groups is 1. The van der Waals surface area contributed by atoms with Gasteiger partial charge in [0, 0.05) is 24.3 Å². The van der Waals surface area contributed by atoms with Crippen molar-refractivity contribution in [3.63, 3.8) is 0 Å². The molecule has 154 valence electrons. The molecule has 7 nitrogen and oxygen atoms in total. The molecule has 0 saturated carbocycles. The number of nitrogens with one attached hydrogen (secondary N) is 3. The van der Waals surface area contributed by atoms with Gasteiger partial charge in [0.05, 0.1) is 10.2 Å². The number of para-hydroxylation sites is 1. The molecular weight excluding hydrogens is 440 g/mol. The molecule has 0 saturated heterocycles. The third-order valence-corrected chi connectivity index (χ3v) is 7.91. The lowest BCUT2D eigenvalue weighted by molar-refractivity contribution is 0.0955. The van der Waals surface area contributed by atoms with Gasteiger partial charge in [-0.3, -0.25) is 9.52 Å². The number of carbonyl (C=O) groups excluding carboxylic acids is 1. The summed E-state index contributed by atoms with van der Waals surface area (Å²) in [4.78, 5) is 16.8. The number of anilines is 2. The lowest BCUT2D eigenvalue weighted by Gasteiger charge is -2.08. The Kier molecular flexibility index (Phi) is 5.98. The number of amides is 1. The van der Waals surface area contributed by atoms with Crippen LogP contribution in [-0.2, 0) is 10.0 Å². The summed E-state index contributed by atoms with van der Waals surface area (Å²) >= 11 is 2.71. The van der Waals surface area contributed by atoms with E-state index < -0.39 is 10.0 Å². The summed E-state index contributed by atoms with van der Waals surface area (Å²) in [6.45, 7) is 0.978. The minimum atomic E-state index is -3.60. The molecule has 2 aromatic heterocycles. The van der Waals surface area contributed by atoms with E-state index in [2.05, 4.69) is 20.3 Å². The molecule has 30 heavy (non-hydrogen) atoms. The first-order chi connectivity index (χ1) is 14.5. The van der Waals surface area contributed by atoms with E-state index in [4.69, 9.17) is 0 Å². The van der Waals surface area contributed by atoms with E-state index >= 15 is 0 Å². The molecule has 0 fully saturated rings. The second-order valence-corrected chi connectivity index (χ2v) is 10.2. The van der Waals surface area contributed by atoms with E-state index in [0.29, 0.717) is 24.3 Å². The van der Waals surface area contributed by atoms with Gasteiger partial charge in [-0.1, -0.05) is 29.5 Å². The highest BCUT2D eigenvalue weighted by molar-refractivity contribution is 7.94. The van der Waals surface area contributed by atoms with Crippen molar-refractivity contribution < 1.29 is 13.2 Å². The molecule has 0 bridgehead atoms. The zero-order valence-electron chi connectivity index (χ0n) is 15.7. The van der Waals surface area contributed by atoms with Gasteiger partial charge in [0.1, 0.15) is 4.21 Å². The fourth-order valence-electron chi connectivity index (χ4n) is 2.71. The SMILES string of the molecule is O=C(NCCNc1nc2ccccc2s1)c1ccc(NS(=O)(=O)c2cccs2)cc1. The number of sulfonamides is 1. The van der Waals surface area contributed by atoms with Crippen molar-refractivity contribution in [2.24, 2.45) is 0 Å². The Morgan fingerprint density at radius 1 is 0.967 bits per heavy atom. The van der Waals surface area contributed by atoms with Crippen LogP contribution in [0.25, 0.3) is 10.2 Å². The number of thiophene rings is 1. The first-order valence-electron chi connectivity index (χ1n) is 9.05. The zero-order chi connectivity index (χ0) is 21.0. The summed E-state index contributed by atoms with van der Waals surface area (Å²) in [6.07, 6.45) is 0. The van der Waals surface area contributed by atoms with Gasteiger partial charge in [-0.15, -0.1) is 11.3 Å². The Morgan fingerprint density at radius 2 is 1.77 bits per heavy atom. The second-order valence-electron chi connectivity index (χ2n) is 6.28. The van der Waals surface area contributed by atoms with E-state index in [9.17, 15) is 13.2 Å². The quantitative estimate of drug-likeness (QED) is 0.347. The van der Waals surface area contributed by atoms with Crippen molar-refractivity contribution in [1.82, 2.24) is 10.3 Å². The number of rotatable bonds is 8. The van der Waals surface area contributed by atoms with Crippen molar-refractivity contribution in [1.29, 1.82) is 0 Å². The number of hydrogen-bond acceptors (Lipinski definition) is 7. The van der Waals surface area contributed by atoms with Crippen molar-refractivity contribution in [3.05, 3.63) is 71.6 Å². The van der Waals surface area contributed by atoms with Gasteiger partial charge < -0.3 is 10.6 Å². The fraction of sp³-hybridized carbons (Fsp3) is 0.100. The predicted octanol–water partition coefficient (Wildman–Crippen LogP) is 4.00. The first-order valence-corrected chi connectivity index (χ1v) is 12.2. The average Bonchev–Trinajstić information content (AvgIpc) is 3.41. The molecule has 2 heterocycles. The van der Waals surface area contributed by atoms with Crippen LogP contribution in [0.2, 0.25) is 0 Å². The van der Waals surface area contributed by atoms with Crippen molar-refractivity contribution in [2.45, 2.75) is 4.21 Å². The topological polar surface area (TPSA) is 100 Å². The van der Waals surface area contributed by atoms with Crippen LogP contribution in [0.3, 0.4) is 0 Å². The zero-order valence-corrected chi connectivity index (χ0v) is 18.1. The predicted molar refractivity (Wildman–Crippen MR) is 122 cm³/mol. The molecule has 2 aromatic carbocycles. The van der Waals surface area contributed by atoms with Gasteiger partial charge in [-0.25, -0.2) is 13.4 Å². The fourth-order valence-corrected chi connectivity index (χ4v) is 5.65. The van der Waals surface area contributed by atoms with Crippen LogP contribution in [0.1, 0.15) is 10.4 Å². The molecule has 4 aromatic rings. The number of thiazole rings is 1. The van der Waals surface area contributed by atoms with Crippen LogP contribution in [0, 0.1) is 0 Å². The van der Waals surface area contributed by atoms with Crippen LogP contribution in [0.15, 0.2) is 70.3 Å². The van der Waals surface area contributed by atoms with E-state index in [1.807, 2.05) is 24.3 Å². The molecule has 0 aliphatic heterocycles. The highest BCUT2D eigenvalue weighted by Crippen LogP contribution is 2.25. The Hall–Kier alpha value is -2.95. The number of nitrogens with zero attached hydrogens (tertiary/aromatic N) is 1. The van der Waals surface area contributed by atoms with Crippen molar-refractivity contribution in [2.75, 3.05) is 23.1 Å². The summed E-state index contributed by atoms with van der Waals surface area (Å²) in [5.41, 5.74) is 1.80. The number of aromatic nitrogens is 1. The number of benzene rings is 2. The molecule has 10 heteroatoms. The van der Waals surface area contributed by atoms with E-state index in [1.165, 1.54) is 6.07 Å². The van der Waals surface area contributed by atoms with Crippen LogP contribution < -0.4 is 15.4 Å². The van der Waals surface area contributed by atoms with E-state index in [1.54, 1.807) is 47.0 Å². The molecular formula is C20H18N4O3S3. The molecule has 0 atom stereocenters. The summed E-state index contributed by atoms with van der Waals surface area (Å²) in [5, 5.41) is 8.55. The van der Waals surface area contributed by atoms with Gasteiger partial charge in [0.2, 0.25) is 0 Å². The normalized spacial score (nSPS) is 11.3. The smallest absolute Gasteiger partial charge is 0.271 e. The molecule has 4 rings (SSSR count). The van der Waals surface area contributed by atoms with Gasteiger partial charge >= 0.3 is 0 Å². The van der Waals surface area contributed by atoms with Gasteiger partial charge in [-0.2, -0.15) is 0 Å². The molecule has 0 spiro atoms. The standard InChI is InChI=1S/C20H18N4O3S3/c25-19(21-11-12-22-20-23-16-4-1-2-5-17(16)29-20)14-7-9-15(10-8-14)24-30(26,27)18-6-3-13-28-18/h1-10,13,24H,11-12H2,(H,21,25)(H,22,23). The highest BCUT2D eigenvalue weighted by atomic mass is 32.2. The van der Waals surface area contributed by atoms with Crippen LogP contribution in [0.4, 0.5) is 10.8 Å². The minimum absolute atomic E-state index is 0.228. The van der Waals surface area contributed by atoms with Gasteiger partial charge in [0.15, 0.2) is 5.13 Å². The minimum Gasteiger partial charge on any atom is -0.360 e. The lowest BCUT2D eigenvalue weighted by atomic mass is 10.2. The Morgan fingerprint density at radius 3 is 2.50 bits per heavy atom. The van der Waals surface area contributed by atoms with Gasteiger partial charge in [0.25, 0.3) is 15.9 Å². The summed E-state index contributed by atoms with van der Waals surface area (Å²) in [7, 11) is -3.60. The second kappa shape index (κ2) is 8.82. The monoisotopic (exact) mass is 458 g/mol. The summed E-state index contributed by atoms with van der Waals surface area (Å²) < 4.78 is 28.3. The third kappa shape index (κ3) is 4.78. The first kappa shape index (κ1) is 20.3. The molecule has 0 unspecified atom stereocenters. The van der Waals surface area contributed by atoms with Gasteiger partial charge in [-0.05, 0) is 47.8 Å². The van der Waals surface area contributed by atoms with Crippen molar-refractivity contribution in [3.8, 4) is 0 Å². The van der Waals surface area contributed by atoms with Crippen molar-refractivity contribution >= 4 is 59.6 Å². The molecule has 0 aliphatic carbocycles.